The lowest BCUT2D eigenvalue weighted by Gasteiger charge is -2.78. The van der Waals surface area contributed by atoms with Gasteiger partial charge in [-0.3, -0.25) is 0 Å². The van der Waals surface area contributed by atoms with Crippen LogP contribution in [0.15, 0.2) is 88.7 Å². The summed E-state index contributed by atoms with van der Waals surface area (Å²) in [4.78, 5) is 5.68. The zero-order chi connectivity index (χ0) is 35.8. The molecule has 0 amide bonds. The lowest BCUT2D eigenvalue weighted by molar-refractivity contribution is -0.235. The monoisotopic (exact) mass is 703 g/mol. The predicted molar refractivity (Wildman–Crippen MR) is 218 cm³/mol. The molecule has 0 N–H and O–H groups in total. The van der Waals surface area contributed by atoms with Gasteiger partial charge in [0, 0.05) is 32.3 Å². The van der Waals surface area contributed by atoms with Crippen LogP contribution in [0.3, 0.4) is 0 Å². The number of anilines is 3. The van der Waals surface area contributed by atoms with Gasteiger partial charge in [0.15, 0.2) is 0 Å². The van der Waals surface area contributed by atoms with E-state index in [1.807, 2.05) is 11.8 Å². The average molecular weight is 704 g/mol. The van der Waals surface area contributed by atoms with Crippen LogP contribution in [-0.4, -0.2) is 0 Å². The molecule has 1 heterocycles. The second-order valence-electron chi connectivity index (χ2n) is 21.2. The van der Waals surface area contributed by atoms with E-state index in [2.05, 4.69) is 139 Å². The molecule has 0 saturated heterocycles. The third kappa shape index (κ3) is 3.89. The molecular weight excluding hydrogens is 647 g/mol. The van der Waals surface area contributed by atoms with Crippen LogP contribution in [-0.2, 0) is 27.1 Å². The van der Waals surface area contributed by atoms with Crippen LogP contribution >= 0.6 is 11.8 Å². The summed E-state index contributed by atoms with van der Waals surface area (Å²) in [6, 6.07) is 32.3. The summed E-state index contributed by atoms with van der Waals surface area (Å²) >= 11 is 2.03. The third-order valence-corrected chi connectivity index (χ3v) is 18.1. The van der Waals surface area contributed by atoms with Crippen molar-refractivity contribution in [3.8, 4) is 0 Å². The minimum absolute atomic E-state index is 0.150. The van der Waals surface area contributed by atoms with Gasteiger partial charge in [0.25, 0.3) is 0 Å². The van der Waals surface area contributed by atoms with Crippen LogP contribution in [0.25, 0.3) is 0 Å². The highest BCUT2D eigenvalue weighted by Gasteiger charge is 2.84. The molecule has 268 valence electrons. The standard InChI is InChI=1S/C50H57NS/c1-45(2)19-21-47(5,6)38-26-32(13-16-35(38)45)51(33-14-17-36-39(27-33)48(7,8)22-20-46(36,3)4)34-15-18-42-40(28-34)50(37-11-9-10-12-41(37)52-42)43-24-30-23-31-25-44(50)49(31,43)29-30/h9-18,26-28,30-31,43-44H,19-25,29H2,1-8H3. The van der Waals surface area contributed by atoms with Gasteiger partial charge in [-0.25, -0.2) is 0 Å². The first-order valence-electron chi connectivity index (χ1n) is 20.7. The number of rotatable bonds is 3. The van der Waals surface area contributed by atoms with E-state index in [4.69, 9.17) is 0 Å². The topological polar surface area (TPSA) is 3.24 Å². The normalized spacial score (nSPS) is 33.8. The molecule has 2 heteroatoms. The molecule has 0 aromatic heterocycles. The maximum Gasteiger partial charge on any atom is 0.0465 e. The fourth-order valence-corrected chi connectivity index (χ4v) is 15.3. The molecule has 4 aromatic rings. The minimum atomic E-state index is 0.150. The van der Waals surface area contributed by atoms with Crippen molar-refractivity contribution in [2.24, 2.45) is 29.1 Å². The van der Waals surface area contributed by atoms with Gasteiger partial charge in [-0.15, -0.1) is 0 Å². The van der Waals surface area contributed by atoms with Crippen molar-refractivity contribution in [1.82, 2.24) is 0 Å². The van der Waals surface area contributed by atoms with E-state index in [0.29, 0.717) is 5.41 Å². The first-order chi connectivity index (χ1) is 24.7. The Morgan fingerprint density at radius 3 is 1.60 bits per heavy atom. The van der Waals surface area contributed by atoms with Crippen molar-refractivity contribution in [2.75, 3.05) is 4.90 Å². The zero-order valence-electron chi connectivity index (χ0n) is 32.8. The maximum atomic E-state index is 2.70. The Morgan fingerprint density at radius 2 is 1.00 bits per heavy atom. The van der Waals surface area contributed by atoms with Gasteiger partial charge in [-0.2, -0.15) is 0 Å². The summed E-state index contributed by atoms with van der Waals surface area (Å²) < 4.78 is 0. The Kier molecular flexibility index (Phi) is 6.25. The fourth-order valence-electron chi connectivity index (χ4n) is 14.1. The minimum Gasteiger partial charge on any atom is -0.310 e. The van der Waals surface area contributed by atoms with E-state index in [-0.39, 0.29) is 27.1 Å². The lowest BCUT2D eigenvalue weighted by atomic mass is 9.26. The van der Waals surface area contributed by atoms with Gasteiger partial charge in [0.2, 0.25) is 0 Å². The highest BCUT2D eigenvalue weighted by Crippen LogP contribution is 2.89. The fraction of sp³-hybridized carbons (Fsp3) is 0.520. The molecule has 52 heavy (non-hydrogen) atoms. The van der Waals surface area contributed by atoms with Crippen LogP contribution in [0, 0.1) is 29.1 Å². The van der Waals surface area contributed by atoms with Gasteiger partial charge in [-0.05, 0) is 184 Å². The Balaban J connectivity index is 1.13. The molecule has 6 aliphatic carbocycles. The number of hydrogen-bond donors (Lipinski definition) is 0. The molecule has 11 rings (SSSR count). The average Bonchev–Trinajstić information content (AvgIpc) is 3.64. The van der Waals surface area contributed by atoms with Crippen molar-refractivity contribution in [3.63, 3.8) is 0 Å². The molecule has 1 nitrogen and oxygen atoms in total. The van der Waals surface area contributed by atoms with Gasteiger partial charge < -0.3 is 4.90 Å². The van der Waals surface area contributed by atoms with E-state index in [1.165, 1.54) is 100 Å². The highest BCUT2D eigenvalue weighted by atomic mass is 32.2. The van der Waals surface area contributed by atoms with Gasteiger partial charge in [0.1, 0.15) is 0 Å². The Morgan fingerprint density at radius 1 is 0.500 bits per heavy atom. The molecule has 6 atom stereocenters. The summed E-state index contributed by atoms with van der Waals surface area (Å²) in [5, 5.41) is 0. The number of nitrogens with zero attached hydrogens (tertiary/aromatic N) is 1. The molecule has 1 aliphatic heterocycles. The SMILES string of the molecule is CC1(C)CCC(C)(C)c2cc(N(c3ccc4c(c3)C(C)(C)CCC4(C)C)c3ccc4c(c3)C3(c5ccccc5S4)C4CC5CC6CC3C64C5)ccc21. The third-order valence-electron chi connectivity index (χ3n) is 16.9. The van der Waals surface area contributed by atoms with Gasteiger partial charge >= 0.3 is 0 Å². The summed E-state index contributed by atoms with van der Waals surface area (Å²) in [5.74, 6) is 3.54. The summed E-state index contributed by atoms with van der Waals surface area (Å²) in [6.45, 7) is 19.7. The molecule has 4 fully saturated rings. The van der Waals surface area contributed by atoms with Crippen LogP contribution in [0.5, 0.6) is 0 Å². The second kappa shape index (κ2) is 10.0. The second-order valence-corrected chi connectivity index (χ2v) is 22.3. The van der Waals surface area contributed by atoms with Crippen molar-refractivity contribution in [3.05, 3.63) is 112 Å². The van der Waals surface area contributed by atoms with Crippen LogP contribution < -0.4 is 4.90 Å². The quantitative estimate of drug-likeness (QED) is 0.209. The summed E-state index contributed by atoms with van der Waals surface area (Å²) in [5.41, 5.74) is 14.9. The van der Waals surface area contributed by atoms with E-state index < -0.39 is 0 Å². The molecule has 6 unspecified atom stereocenters. The van der Waals surface area contributed by atoms with Crippen molar-refractivity contribution in [2.45, 2.75) is 144 Å². The molecule has 2 bridgehead atoms. The Bertz CT molecular complexity index is 2120. The number of benzene rings is 4. The van der Waals surface area contributed by atoms with Crippen molar-refractivity contribution < 1.29 is 0 Å². The van der Waals surface area contributed by atoms with E-state index in [1.54, 1.807) is 11.1 Å². The van der Waals surface area contributed by atoms with Crippen LogP contribution in [0.1, 0.15) is 140 Å². The van der Waals surface area contributed by atoms with Crippen molar-refractivity contribution >= 4 is 28.8 Å². The Hall–Kier alpha value is -2.97. The molecule has 4 aromatic carbocycles. The smallest absolute Gasteiger partial charge is 0.0465 e. The van der Waals surface area contributed by atoms with Crippen LogP contribution in [0.4, 0.5) is 17.1 Å². The summed E-state index contributed by atoms with van der Waals surface area (Å²) in [7, 11) is 0. The first kappa shape index (κ1) is 32.5. The lowest BCUT2D eigenvalue weighted by Crippen LogP contribution is -2.74. The molecule has 7 aliphatic rings. The zero-order valence-corrected chi connectivity index (χ0v) is 33.6. The van der Waals surface area contributed by atoms with Crippen LogP contribution in [0.2, 0.25) is 0 Å². The number of fused-ring (bicyclic) bond motifs is 9. The maximum absolute atomic E-state index is 2.70. The summed E-state index contributed by atoms with van der Waals surface area (Å²) in [6.07, 6.45) is 10.8. The Labute approximate surface area is 317 Å². The molecule has 0 radical (unpaired) electrons. The van der Waals surface area contributed by atoms with Gasteiger partial charge in [0.05, 0.1) is 0 Å². The highest BCUT2D eigenvalue weighted by molar-refractivity contribution is 7.99. The van der Waals surface area contributed by atoms with E-state index >= 15 is 0 Å². The largest absolute Gasteiger partial charge is 0.310 e. The molecular formula is C50H57NS. The first-order valence-corrected chi connectivity index (χ1v) is 21.5. The number of hydrogen-bond acceptors (Lipinski definition) is 2. The molecule has 4 saturated carbocycles. The van der Waals surface area contributed by atoms with Gasteiger partial charge in [-0.1, -0.05) is 97.5 Å². The van der Waals surface area contributed by atoms with E-state index in [0.717, 1.165) is 23.7 Å². The van der Waals surface area contributed by atoms with Crippen molar-refractivity contribution in [1.29, 1.82) is 0 Å². The molecule has 2 spiro atoms. The van der Waals surface area contributed by atoms with E-state index in [9.17, 15) is 0 Å². The predicted octanol–water partition coefficient (Wildman–Crippen LogP) is 13.7.